The molecule has 2 heterocycles. The van der Waals surface area contributed by atoms with Crippen LogP contribution in [0.4, 0.5) is 13.2 Å². The summed E-state index contributed by atoms with van der Waals surface area (Å²) in [6.07, 6.45) is -2.46. The molecule has 1 fully saturated rings. The minimum atomic E-state index is -4.29. The van der Waals surface area contributed by atoms with Crippen LogP contribution in [-0.2, 0) is 26.2 Å². The molecule has 1 atom stereocenters. The predicted molar refractivity (Wildman–Crippen MR) is 116 cm³/mol. The highest BCUT2D eigenvalue weighted by Gasteiger charge is 2.30. The van der Waals surface area contributed by atoms with Gasteiger partial charge in [-0.15, -0.1) is 0 Å². The third-order valence-electron chi connectivity index (χ3n) is 5.85. The smallest absolute Gasteiger partial charge is 0.356 e. The summed E-state index contributed by atoms with van der Waals surface area (Å²) in [6, 6.07) is 5.68. The standard InChI is InChI=1S/C22H31F3N6/c1-15-20(16(2)30(4)29-15)9-11-27-21(26-3)28-19-10-12-31(14-19)13-17-5-7-18(8-6-17)22(23,24)25/h5-8,19H,9-14H2,1-4H3,(H2,26,27,28). The number of likely N-dealkylation sites (tertiary alicyclic amines) is 1. The van der Waals surface area contributed by atoms with Crippen molar-refractivity contribution in [3.63, 3.8) is 0 Å². The molecule has 1 aliphatic rings. The maximum atomic E-state index is 12.7. The van der Waals surface area contributed by atoms with Crippen LogP contribution in [0.3, 0.4) is 0 Å². The third kappa shape index (κ3) is 6.00. The minimum Gasteiger partial charge on any atom is -0.356 e. The van der Waals surface area contributed by atoms with Crippen molar-refractivity contribution < 1.29 is 13.2 Å². The molecule has 170 valence electrons. The van der Waals surface area contributed by atoms with Crippen LogP contribution in [0.15, 0.2) is 29.3 Å². The fraction of sp³-hybridized carbons (Fsp3) is 0.545. The molecule has 31 heavy (non-hydrogen) atoms. The van der Waals surface area contributed by atoms with Gasteiger partial charge < -0.3 is 10.6 Å². The Balaban J connectivity index is 1.45. The number of aliphatic imine (C=N–C) groups is 1. The lowest BCUT2D eigenvalue weighted by Gasteiger charge is -2.19. The van der Waals surface area contributed by atoms with Gasteiger partial charge in [0, 0.05) is 52.0 Å². The number of nitrogens with one attached hydrogen (secondary N) is 2. The van der Waals surface area contributed by atoms with Crippen molar-refractivity contribution >= 4 is 5.96 Å². The lowest BCUT2D eigenvalue weighted by atomic mass is 10.1. The normalized spacial score (nSPS) is 17.9. The van der Waals surface area contributed by atoms with Crippen LogP contribution >= 0.6 is 0 Å². The second-order valence-corrected chi connectivity index (χ2v) is 8.08. The molecule has 1 saturated heterocycles. The Morgan fingerprint density at radius 2 is 1.94 bits per heavy atom. The number of aryl methyl sites for hydroxylation is 2. The van der Waals surface area contributed by atoms with E-state index in [1.807, 2.05) is 18.7 Å². The molecule has 0 saturated carbocycles. The average Bonchev–Trinajstić information content (AvgIpc) is 3.25. The maximum absolute atomic E-state index is 12.7. The van der Waals surface area contributed by atoms with E-state index in [4.69, 9.17) is 0 Å². The molecule has 0 amide bonds. The van der Waals surface area contributed by atoms with E-state index in [9.17, 15) is 13.2 Å². The van der Waals surface area contributed by atoms with Crippen LogP contribution in [0.1, 0.15) is 34.5 Å². The molecule has 3 rings (SSSR count). The molecule has 1 aromatic carbocycles. The molecule has 0 aliphatic carbocycles. The molecule has 0 radical (unpaired) electrons. The number of guanidine groups is 1. The molecule has 6 nitrogen and oxygen atoms in total. The van der Waals surface area contributed by atoms with Gasteiger partial charge in [0.15, 0.2) is 5.96 Å². The van der Waals surface area contributed by atoms with E-state index in [1.54, 1.807) is 19.2 Å². The highest BCUT2D eigenvalue weighted by molar-refractivity contribution is 5.80. The summed E-state index contributed by atoms with van der Waals surface area (Å²) < 4.78 is 40.1. The highest BCUT2D eigenvalue weighted by Crippen LogP contribution is 2.29. The van der Waals surface area contributed by atoms with Crippen molar-refractivity contribution in [3.05, 3.63) is 52.3 Å². The van der Waals surface area contributed by atoms with Gasteiger partial charge in [-0.05, 0) is 49.9 Å². The van der Waals surface area contributed by atoms with Crippen molar-refractivity contribution in [2.24, 2.45) is 12.0 Å². The molecule has 1 aromatic heterocycles. The summed E-state index contributed by atoms with van der Waals surface area (Å²) in [5.74, 6) is 0.764. The van der Waals surface area contributed by atoms with Gasteiger partial charge >= 0.3 is 6.18 Å². The summed E-state index contributed by atoms with van der Waals surface area (Å²) in [4.78, 5) is 6.57. The Morgan fingerprint density at radius 3 is 2.52 bits per heavy atom. The second kappa shape index (κ2) is 9.72. The lowest BCUT2D eigenvalue weighted by Crippen LogP contribution is -2.45. The van der Waals surface area contributed by atoms with E-state index in [0.717, 1.165) is 61.8 Å². The molecule has 2 N–H and O–H groups in total. The average molecular weight is 437 g/mol. The Bertz CT molecular complexity index is 901. The van der Waals surface area contributed by atoms with Crippen LogP contribution in [0.5, 0.6) is 0 Å². The maximum Gasteiger partial charge on any atom is 0.416 e. The predicted octanol–water partition coefficient (Wildman–Crippen LogP) is 3.04. The van der Waals surface area contributed by atoms with Crippen LogP contribution < -0.4 is 10.6 Å². The molecule has 0 spiro atoms. The van der Waals surface area contributed by atoms with Gasteiger partial charge in [-0.25, -0.2) is 0 Å². The van der Waals surface area contributed by atoms with Gasteiger partial charge in [-0.2, -0.15) is 18.3 Å². The molecular formula is C22H31F3N6. The zero-order valence-corrected chi connectivity index (χ0v) is 18.6. The zero-order chi connectivity index (χ0) is 22.6. The molecule has 0 bridgehead atoms. The first kappa shape index (κ1) is 23.1. The summed E-state index contributed by atoms with van der Waals surface area (Å²) in [7, 11) is 3.71. The van der Waals surface area contributed by atoms with E-state index < -0.39 is 11.7 Å². The largest absolute Gasteiger partial charge is 0.416 e. The summed E-state index contributed by atoms with van der Waals surface area (Å²) >= 11 is 0. The Labute approximate surface area is 181 Å². The van der Waals surface area contributed by atoms with Crippen molar-refractivity contribution in [2.45, 2.75) is 45.5 Å². The van der Waals surface area contributed by atoms with Gasteiger partial charge in [0.1, 0.15) is 0 Å². The summed E-state index contributed by atoms with van der Waals surface area (Å²) in [5, 5.41) is 11.3. The monoisotopic (exact) mass is 436 g/mol. The second-order valence-electron chi connectivity index (χ2n) is 8.08. The minimum absolute atomic E-state index is 0.252. The molecule has 1 unspecified atom stereocenters. The number of alkyl halides is 3. The first-order valence-electron chi connectivity index (χ1n) is 10.5. The van der Waals surface area contributed by atoms with Gasteiger partial charge in [-0.3, -0.25) is 14.6 Å². The SMILES string of the molecule is CN=C(NCCc1c(C)nn(C)c1C)NC1CCN(Cc2ccc(C(F)(F)F)cc2)C1. The van der Waals surface area contributed by atoms with Crippen molar-refractivity contribution in [1.29, 1.82) is 0 Å². The van der Waals surface area contributed by atoms with E-state index in [2.05, 4.69) is 32.5 Å². The first-order chi connectivity index (χ1) is 14.7. The van der Waals surface area contributed by atoms with Gasteiger partial charge in [0.05, 0.1) is 11.3 Å². The Hall–Kier alpha value is -2.55. The van der Waals surface area contributed by atoms with Crippen LogP contribution in [0.2, 0.25) is 0 Å². The summed E-state index contributed by atoms with van der Waals surface area (Å²) in [6.45, 7) is 7.22. The topological polar surface area (TPSA) is 57.5 Å². The number of hydrogen-bond donors (Lipinski definition) is 2. The third-order valence-corrected chi connectivity index (χ3v) is 5.85. The quantitative estimate of drug-likeness (QED) is 0.540. The first-order valence-corrected chi connectivity index (χ1v) is 10.5. The number of halogens is 3. The Morgan fingerprint density at radius 1 is 1.23 bits per heavy atom. The number of nitrogens with zero attached hydrogens (tertiary/aromatic N) is 4. The number of aromatic nitrogens is 2. The Kier molecular flexibility index (Phi) is 7.25. The number of benzene rings is 1. The van der Waals surface area contributed by atoms with Crippen LogP contribution in [0.25, 0.3) is 0 Å². The lowest BCUT2D eigenvalue weighted by molar-refractivity contribution is -0.137. The van der Waals surface area contributed by atoms with Gasteiger partial charge in [0.2, 0.25) is 0 Å². The number of hydrogen-bond acceptors (Lipinski definition) is 3. The zero-order valence-electron chi connectivity index (χ0n) is 18.6. The van der Waals surface area contributed by atoms with E-state index in [1.165, 1.54) is 11.3 Å². The fourth-order valence-electron chi connectivity index (χ4n) is 4.02. The fourth-order valence-corrected chi connectivity index (χ4v) is 4.02. The van der Waals surface area contributed by atoms with Crippen molar-refractivity contribution in [2.75, 3.05) is 26.7 Å². The van der Waals surface area contributed by atoms with E-state index in [0.29, 0.717) is 6.54 Å². The molecule has 1 aliphatic heterocycles. The van der Waals surface area contributed by atoms with Crippen molar-refractivity contribution in [3.8, 4) is 0 Å². The van der Waals surface area contributed by atoms with Crippen LogP contribution in [-0.4, -0.2) is 53.4 Å². The highest BCUT2D eigenvalue weighted by atomic mass is 19.4. The van der Waals surface area contributed by atoms with E-state index in [-0.39, 0.29) is 6.04 Å². The van der Waals surface area contributed by atoms with Crippen LogP contribution in [0, 0.1) is 13.8 Å². The molecular weight excluding hydrogens is 405 g/mol. The van der Waals surface area contributed by atoms with Gasteiger partial charge in [-0.1, -0.05) is 12.1 Å². The summed E-state index contributed by atoms with van der Waals surface area (Å²) in [5.41, 5.74) is 3.77. The van der Waals surface area contributed by atoms with Gasteiger partial charge in [0.25, 0.3) is 0 Å². The number of rotatable bonds is 6. The van der Waals surface area contributed by atoms with Crippen molar-refractivity contribution in [1.82, 2.24) is 25.3 Å². The van der Waals surface area contributed by atoms with E-state index >= 15 is 0 Å². The molecule has 2 aromatic rings. The molecule has 9 heteroatoms.